The van der Waals surface area contributed by atoms with E-state index in [0.717, 1.165) is 12.8 Å². The Morgan fingerprint density at radius 1 is 1.53 bits per heavy atom. The predicted octanol–water partition coefficient (Wildman–Crippen LogP) is 2.28. The minimum Gasteiger partial charge on any atom is -0.493 e. The molecule has 0 aliphatic carbocycles. The van der Waals surface area contributed by atoms with E-state index in [0.29, 0.717) is 24.4 Å². The minimum absolute atomic E-state index is 0.119. The molecule has 0 fully saturated rings. The van der Waals surface area contributed by atoms with Crippen LogP contribution in [0.15, 0.2) is 6.20 Å². The Balaban J connectivity index is 2.88. The molecule has 0 N–H and O–H groups in total. The lowest BCUT2D eigenvalue weighted by Gasteiger charge is -2.05. The van der Waals surface area contributed by atoms with Gasteiger partial charge in [0.15, 0.2) is 11.5 Å². The molecule has 0 saturated heterocycles. The number of carbonyl (C=O) groups excluding carboxylic acids is 1. The smallest absolute Gasteiger partial charge is 0.184 e. The van der Waals surface area contributed by atoms with Crippen LogP contribution in [0, 0.1) is 0 Å². The molecule has 0 amide bonds. The van der Waals surface area contributed by atoms with Gasteiger partial charge in [0.2, 0.25) is 0 Å². The van der Waals surface area contributed by atoms with Crippen LogP contribution in [0.5, 0.6) is 5.75 Å². The van der Waals surface area contributed by atoms with E-state index in [1.165, 1.54) is 0 Å². The second-order valence-electron chi connectivity index (χ2n) is 3.40. The summed E-state index contributed by atoms with van der Waals surface area (Å²) in [5.74, 6) is 0.700. The standard InChI is InChI=1S/C11H18N2O2/c1-4-6-7-9(14)11-10(15-3)8-12-13(11)5-2/h8H,4-7H2,1-3H3. The first-order valence-electron chi connectivity index (χ1n) is 5.37. The third-order valence-electron chi connectivity index (χ3n) is 2.35. The van der Waals surface area contributed by atoms with Gasteiger partial charge in [-0.15, -0.1) is 0 Å². The summed E-state index contributed by atoms with van der Waals surface area (Å²) in [6, 6.07) is 0. The first-order chi connectivity index (χ1) is 7.24. The Bertz CT molecular complexity index is 310. The van der Waals surface area contributed by atoms with E-state index in [1.807, 2.05) is 6.92 Å². The molecule has 0 aliphatic heterocycles. The molecule has 1 heterocycles. The summed E-state index contributed by atoms with van der Waals surface area (Å²) in [6.07, 6.45) is 4.10. The van der Waals surface area contributed by atoms with Gasteiger partial charge in [-0.1, -0.05) is 13.3 Å². The molecule has 0 bridgehead atoms. The Labute approximate surface area is 90.2 Å². The van der Waals surface area contributed by atoms with E-state index in [2.05, 4.69) is 12.0 Å². The average molecular weight is 210 g/mol. The summed E-state index contributed by atoms with van der Waals surface area (Å²) in [5, 5.41) is 4.11. The van der Waals surface area contributed by atoms with Crippen molar-refractivity contribution < 1.29 is 9.53 Å². The van der Waals surface area contributed by atoms with Crippen LogP contribution in [-0.2, 0) is 6.54 Å². The fourth-order valence-corrected chi connectivity index (χ4v) is 1.49. The molecule has 4 heteroatoms. The summed E-state index contributed by atoms with van der Waals surface area (Å²) >= 11 is 0. The number of hydrogen-bond acceptors (Lipinski definition) is 3. The van der Waals surface area contributed by atoms with Crippen molar-refractivity contribution in [3.63, 3.8) is 0 Å². The topological polar surface area (TPSA) is 44.1 Å². The normalized spacial score (nSPS) is 10.3. The third-order valence-corrected chi connectivity index (χ3v) is 2.35. The maximum atomic E-state index is 11.9. The van der Waals surface area contributed by atoms with Gasteiger partial charge in [-0.05, 0) is 13.3 Å². The molecule has 84 valence electrons. The van der Waals surface area contributed by atoms with Crippen molar-refractivity contribution in [2.24, 2.45) is 0 Å². The lowest BCUT2D eigenvalue weighted by Crippen LogP contribution is -2.10. The number of nitrogens with zero attached hydrogens (tertiary/aromatic N) is 2. The van der Waals surface area contributed by atoms with E-state index in [9.17, 15) is 4.79 Å². The Morgan fingerprint density at radius 2 is 2.27 bits per heavy atom. The van der Waals surface area contributed by atoms with Crippen LogP contribution in [0.1, 0.15) is 43.6 Å². The monoisotopic (exact) mass is 210 g/mol. The number of carbonyl (C=O) groups is 1. The summed E-state index contributed by atoms with van der Waals surface area (Å²) in [5.41, 5.74) is 0.605. The number of aryl methyl sites for hydroxylation is 1. The quantitative estimate of drug-likeness (QED) is 0.676. The number of Topliss-reactive ketones (excluding diaryl/α,β-unsaturated/α-hetero) is 1. The number of ether oxygens (including phenoxy) is 1. The van der Waals surface area contributed by atoms with E-state index in [1.54, 1.807) is 18.0 Å². The highest BCUT2D eigenvalue weighted by atomic mass is 16.5. The van der Waals surface area contributed by atoms with Gasteiger partial charge in [-0.2, -0.15) is 5.10 Å². The first-order valence-corrected chi connectivity index (χ1v) is 5.37. The Kier molecular flexibility index (Phi) is 4.34. The van der Waals surface area contributed by atoms with Crippen LogP contribution >= 0.6 is 0 Å². The van der Waals surface area contributed by atoms with Gasteiger partial charge in [0.1, 0.15) is 5.69 Å². The maximum Gasteiger partial charge on any atom is 0.184 e. The van der Waals surface area contributed by atoms with E-state index < -0.39 is 0 Å². The zero-order chi connectivity index (χ0) is 11.3. The van der Waals surface area contributed by atoms with Gasteiger partial charge in [0, 0.05) is 13.0 Å². The lowest BCUT2D eigenvalue weighted by atomic mass is 10.1. The molecule has 1 aromatic heterocycles. The van der Waals surface area contributed by atoms with Crippen molar-refractivity contribution in [1.29, 1.82) is 0 Å². The van der Waals surface area contributed by atoms with Crippen molar-refractivity contribution in [3.8, 4) is 5.75 Å². The molecular weight excluding hydrogens is 192 g/mol. The van der Waals surface area contributed by atoms with Crippen LogP contribution in [0.2, 0.25) is 0 Å². The first kappa shape index (κ1) is 11.8. The van der Waals surface area contributed by atoms with Gasteiger partial charge in [0.05, 0.1) is 13.3 Å². The number of hydrogen-bond donors (Lipinski definition) is 0. The minimum atomic E-state index is 0.119. The zero-order valence-electron chi connectivity index (χ0n) is 9.62. The van der Waals surface area contributed by atoms with Gasteiger partial charge in [-0.3, -0.25) is 9.48 Å². The second kappa shape index (κ2) is 5.53. The zero-order valence-corrected chi connectivity index (χ0v) is 9.62. The number of unbranched alkanes of at least 4 members (excludes halogenated alkanes) is 1. The molecule has 15 heavy (non-hydrogen) atoms. The maximum absolute atomic E-state index is 11.9. The molecule has 0 atom stereocenters. The number of methoxy groups -OCH3 is 1. The SMILES string of the molecule is CCCCC(=O)c1c(OC)cnn1CC. The van der Waals surface area contributed by atoms with E-state index >= 15 is 0 Å². The van der Waals surface area contributed by atoms with Crippen LogP contribution in [0.4, 0.5) is 0 Å². The molecule has 0 aromatic carbocycles. The molecule has 0 aliphatic rings. The average Bonchev–Trinajstić information content (AvgIpc) is 2.68. The summed E-state index contributed by atoms with van der Waals surface area (Å²) in [6.45, 7) is 4.72. The van der Waals surface area contributed by atoms with Crippen molar-refractivity contribution in [2.75, 3.05) is 7.11 Å². The number of ketones is 1. The largest absolute Gasteiger partial charge is 0.493 e. The highest BCUT2D eigenvalue weighted by molar-refractivity contribution is 5.96. The Hall–Kier alpha value is -1.32. The highest BCUT2D eigenvalue weighted by Crippen LogP contribution is 2.20. The van der Waals surface area contributed by atoms with Crippen molar-refractivity contribution in [2.45, 2.75) is 39.7 Å². The molecule has 4 nitrogen and oxygen atoms in total. The van der Waals surface area contributed by atoms with Gasteiger partial charge in [-0.25, -0.2) is 0 Å². The van der Waals surface area contributed by atoms with Crippen molar-refractivity contribution >= 4 is 5.78 Å². The molecule has 1 aromatic rings. The van der Waals surface area contributed by atoms with Crippen molar-refractivity contribution in [1.82, 2.24) is 9.78 Å². The van der Waals surface area contributed by atoms with Crippen LogP contribution < -0.4 is 4.74 Å². The molecule has 0 unspecified atom stereocenters. The molecular formula is C11H18N2O2. The van der Waals surface area contributed by atoms with Crippen LogP contribution in [0.25, 0.3) is 0 Å². The van der Waals surface area contributed by atoms with Gasteiger partial charge >= 0.3 is 0 Å². The van der Waals surface area contributed by atoms with E-state index in [4.69, 9.17) is 4.74 Å². The molecule has 0 spiro atoms. The Morgan fingerprint density at radius 3 is 2.80 bits per heavy atom. The second-order valence-corrected chi connectivity index (χ2v) is 3.40. The summed E-state index contributed by atoms with van der Waals surface area (Å²) < 4.78 is 6.82. The van der Waals surface area contributed by atoms with Crippen LogP contribution in [-0.4, -0.2) is 22.7 Å². The fourth-order valence-electron chi connectivity index (χ4n) is 1.49. The predicted molar refractivity (Wildman–Crippen MR) is 58.3 cm³/mol. The van der Waals surface area contributed by atoms with Gasteiger partial charge < -0.3 is 4.74 Å². The molecule has 1 rings (SSSR count). The van der Waals surface area contributed by atoms with Crippen molar-refractivity contribution in [3.05, 3.63) is 11.9 Å². The molecule has 0 saturated carbocycles. The molecule has 0 radical (unpaired) electrons. The number of aromatic nitrogens is 2. The summed E-state index contributed by atoms with van der Waals surface area (Å²) in [7, 11) is 1.56. The van der Waals surface area contributed by atoms with Crippen LogP contribution in [0.3, 0.4) is 0 Å². The lowest BCUT2D eigenvalue weighted by molar-refractivity contribution is 0.0966. The number of rotatable bonds is 6. The van der Waals surface area contributed by atoms with Gasteiger partial charge in [0.25, 0.3) is 0 Å². The fraction of sp³-hybridized carbons (Fsp3) is 0.636. The highest BCUT2D eigenvalue weighted by Gasteiger charge is 2.17. The summed E-state index contributed by atoms with van der Waals surface area (Å²) in [4.78, 5) is 11.9. The van der Waals surface area contributed by atoms with E-state index in [-0.39, 0.29) is 5.78 Å². The third kappa shape index (κ3) is 2.58.